The normalized spacial score (nSPS) is 27.1. The van der Waals surface area contributed by atoms with Crippen molar-refractivity contribution < 1.29 is 19.1 Å². The van der Waals surface area contributed by atoms with Crippen molar-refractivity contribution in [2.24, 2.45) is 5.16 Å². The van der Waals surface area contributed by atoms with Gasteiger partial charge in [-0.3, -0.25) is 0 Å². The summed E-state index contributed by atoms with van der Waals surface area (Å²) in [4.78, 5) is 17.1. The molecule has 0 unspecified atom stereocenters. The number of hydrogen-bond acceptors (Lipinski definition) is 5. The van der Waals surface area contributed by atoms with Gasteiger partial charge < -0.3 is 14.3 Å². The maximum Gasteiger partial charge on any atom is 0.508 e. The zero-order valence-electron chi connectivity index (χ0n) is 12.8. The van der Waals surface area contributed by atoms with E-state index in [4.69, 9.17) is 14.3 Å². The minimum absolute atomic E-state index is 0.0750. The van der Waals surface area contributed by atoms with E-state index in [1.807, 2.05) is 18.2 Å². The van der Waals surface area contributed by atoms with Crippen molar-refractivity contribution in [2.75, 3.05) is 6.61 Å². The smallest absolute Gasteiger partial charge is 0.435 e. The largest absolute Gasteiger partial charge is 0.508 e. The van der Waals surface area contributed by atoms with Crippen LogP contribution in [0.1, 0.15) is 44.6 Å². The van der Waals surface area contributed by atoms with Gasteiger partial charge in [0.2, 0.25) is 0 Å². The van der Waals surface area contributed by atoms with Crippen molar-refractivity contribution >= 4 is 11.9 Å². The molecule has 0 aromatic heterocycles. The topological polar surface area (TPSA) is 57.1 Å². The highest BCUT2D eigenvalue weighted by Crippen LogP contribution is 2.40. The number of carbonyl (C=O) groups is 1. The molecule has 0 amide bonds. The first-order valence-electron chi connectivity index (χ1n) is 7.85. The molecule has 0 N–H and O–H groups in total. The van der Waals surface area contributed by atoms with Crippen LogP contribution in [0.5, 0.6) is 0 Å². The van der Waals surface area contributed by atoms with E-state index in [1.165, 1.54) is 0 Å². The molecule has 1 heterocycles. The Morgan fingerprint density at radius 2 is 2.05 bits per heavy atom. The number of benzene rings is 1. The average molecular weight is 303 g/mol. The molecular formula is C17H21NO4. The Morgan fingerprint density at radius 3 is 2.73 bits per heavy atom. The van der Waals surface area contributed by atoms with Crippen LogP contribution in [0.3, 0.4) is 0 Å². The summed E-state index contributed by atoms with van der Waals surface area (Å²) in [6.07, 6.45) is 3.44. The van der Waals surface area contributed by atoms with Gasteiger partial charge in [0.15, 0.2) is 0 Å². The number of nitrogens with zero attached hydrogens (tertiary/aromatic N) is 1. The van der Waals surface area contributed by atoms with E-state index in [9.17, 15) is 4.79 Å². The lowest BCUT2D eigenvalue weighted by molar-refractivity contribution is -0.0763. The maximum atomic E-state index is 11.4. The molecule has 118 valence electrons. The summed E-state index contributed by atoms with van der Waals surface area (Å²) in [5.74, 6) is 0. The molecule has 1 fully saturated rings. The Morgan fingerprint density at radius 1 is 1.32 bits per heavy atom. The molecule has 0 atom stereocenters. The van der Waals surface area contributed by atoms with Gasteiger partial charge in [0.1, 0.15) is 11.7 Å². The van der Waals surface area contributed by atoms with Gasteiger partial charge in [-0.05, 0) is 38.2 Å². The van der Waals surface area contributed by atoms with Crippen molar-refractivity contribution in [2.45, 2.75) is 50.7 Å². The molecule has 1 aromatic carbocycles. The van der Waals surface area contributed by atoms with Gasteiger partial charge in [0.05, 0.1) is 12.3 Å². The molecule has 2 aliphatic rings. The van der Waals surface area contributed by atoms with Crippen molar-refractivity contribution in [3.8, 4) is 0 Å². The SMILES string of the molecule is CCOC(=O)OC1CCC2(CC1)CC(c1ccccc1)=NO2. The zero-order chi connectivity index (χ0) is 15.4. The summed E-state index contributed by atoms with van der Waals surface area (Å²) < 4.78 is 10.1. The van der Waals surface area contributed by atoms with Crippen LogP contribution in [0.2, 0.25) is 0 Å². The Bertz CT molecular complexity index is 547. The van der Waals surface area contributed by atoms with Crippen LogP contribution in [0, 0.1) is 0 Å². The summed E-state index contributed by atoms with van der Waals surface area (Å²) >= 11 is 0. The molecule has 22 heavy (non-hydrogen) atoms. The van der Waals surface area contributed by atoms with Crippen LogP contribution in [0.25, 0.3) is 0 Å². The Kier molecular flexibility index (Phi) is 4.32. The molecule has 0 bridgehead atoms. The van der Waals surface area contributed by atoms with E-state index in [2.05, 4.69) is 17.3 Å². The van der Waals surface area contributed by atoms with Gasteiger partial charge >= 0.3 is 6.16 Å². The predicted octanol–water partition coefficient (Wildman–Crippen LogP) is 3.67. The maximum absolute atomic E-state index is 11.4. The summed E-state index contributed by atoms with van der Waals surface area (Å²) in [7, 11) is 0. The average Bonchev–Trinajstić information content (AvgIpc) is 2.95. The fourth-order valence-corrected chi connectivity index (χ4v) is 3.10. The number of rotatable bonds is 3. The van der Waals surface area contributed by atoms with Gasteiger partial charge in [-0.2, -0.15) is 0 Å². The first kappa shape index (κ1) is 14.9. The number of oxime groups is 1. The molecule has 1 aliphatic heterocycles. The Balaban J connectivity index is 1.53. The van der Waals surface area contributed by atoms with Crippen LogP contribution >= 0.6 is 0 Å². The van der Waals surface area contributed by atoms with Crippen molar-refractivity contribution in [3.63, 3.8) is 0 Å². The summed E-state index contributed by atoms with van der Waals surface area (Å²) in [5, 5.41) is 4.28. The predicted molar refractivity (Wildman–Crippen MR) is 81.8 cm³/mol. The van der Waals surface area contributed by atoms with Gasteiger partial charge in [0.25, 0.3) is 0 Å². The highest BCUT2D eigenvalue weighted by atomic mass is 16.7. The number of ether oxygens (including phenoxy) is 2. The van der Waals surface area contributed by atoms with Crippen LogP contribution in [0.15, 0.2) is 35.5 Å². The first-order chi connectivity index (χ1) is 10.7. The van der Waals surface area contributed by atoms with Gasteiger partial charge in [-0.25, -0.2) is 4.79 Å². The standard InChI is InChI=1S/C17H21NO4/c1-2-20-16(19)21-14-8-10-17(11-9-14)12-15(18-22-17)13-6-4-3-5-7-13/h3-7,14H,2,8-12H2,1H3. The number of hydrogen-bond donors (Lipinski definition) is 0. The second-order valence-electron chi connectivity index (χ2n) is 5.86. The van der Waals surface area contributed by atoms with E-state index in [-0.39, 0.29) is 11.7 Å². The third-order valence-corrected chi connectivity index (χ3v) is 4.32. The lowest BCUT2D eigenvalue weighted by Gasteiger charge is -2.34. The minimum atomic E-state index is -0.572. The Hall–Kier alpha value is -2.04. The molecule has 0 radical (unpaired) electrons. The van der Waals surface area contributed by atoms with Crippen molar-refractivity contribution in [1.29, 1.82) is 0 Å². The summed E-state index contributed by atoms with van der Waals surface area (Å²) in [6, 6.07) is 10.1. The van der Waals surface area contributed by atoms with Crippen LogP contribution in [-0.2, 0) is 14.3 Å². The molecule has 1 spiro atoms. The second-order valence-corrected chi connectivity index (χ2v) is 5.86. The highest BCUT2D eigenvalue weighted by molar-refractivity contribution is 6.01. The first-order valence-corrected chi connectivity index (χ1v) is 7.85. The molecule has 5 heteroatoms. The van der Waals surface area contributed by atoms with Crippen LogP contribution in [0.4, 0.5) is 4.79 Å². The molecule has 1 aromatic rings. The summed E-state index contributed by atoms with van der Waals surface area (Å²) in [5.41, 5.74) is 1.90. The van der Waals surface area contributed by atoms with Gasteiger partial charge in [0, 0.05) is 6.42 Å². The fraction of sp³-hybridized carbons (Fsp3) is 0.529. The lowest BCUT2D eigenvalue weighted by atomic mass is 9.79. The van der Waals surface area contributed by atoms with E-state index in [1.54, 1.807) is 6.92 Å². The van der Waals surface area contributed by atoms with Gasteiger partial charge in [-0.1, -0.05) is 35.5 Å². The Labute approximate surface area is 130 Å². The van der Waals surface area contributed by atoms with E-state index in [0.29, 0.717) is 6.61 Å². The highest BCUT2D eigenvalue weighted by Gasteiger charge is 2.43. The van der Waals surface area contributed by atoms with E-state index >= 15 is 0 Å². The third-order valence-electron chi connectivity index (χ3n) is 4.32. The van der Waals surface area contributed by atoms with E-state index in [0.717, 1.165) is 43.4 Å². The monoisotopic (exact) mass is 303 g/mol. The molecule has 1 saturated carbocycles. The third kappa shape index (κ3) is 3.24. The second kappa shape index (κ2) is 6.38. The lowest BCUT2D eigenvalue weighted by Crippen LogP contribution is -2.37. The molecule has 0 saturated heterocycles. The zero-order valence-corrected chi connectivity index (χ0v) is 12.8. The fourth-order valence-electron chi connectivity index (χ4n) is 3.10. The van der Waals surface area contributed by atoms with Crippen LogP contribution < -0.4 is 0 Å². The summed E-state index contributed by atoms with van der Waals surface area (Å²) in [6.45, 7) is 2.11. The van der Waals surface area contributed by atoms with Crippen LogP contribution in [-0.4, -0.2) is 30.2 Å². The van der Waals surface area contributed by atoms with E-state index < -0.39 is 6.16 Å². The van der Waals surface area contributed by atoms with Crippen molar-refractivity contribution in [1.82, 2.24) is 0 Å². The molecular weight excluding hydrogens is 282 g/mol. The molecule has 5 nitrogen and oxygen atoms in total. The minimum Gasteiger partial charge on any atom is -0.435 e. The quantitative estimate of drug-likeness (QED) is 0.800. The molecule has 3 rings (SSSR count). The number of carbonyl (C=O) groups excluding carboxylic acids is 1. The molecule has 1 aliphatic carbocycles. The van der Waals surface area contributed by atoms with Gasteiger partial charge in [-0.15, -0.1) is 0 Å². The van der Waals surface area contributed by atoms with Crippen molar-refractivity contribution in [3.05, 3.63) is 35.9 Å².